The van der Waals surface area contributed by atoms with Gasteiger partial charge >= 0.3 is 5.97 Å². The minimum atomic E-state index is -1.23. The summed E-state index contributed by atoms with van der Waals surface area (Å²) in [7, 11) is 0. The first-order valence-electron chi connectivity index (χ1n) is 12.4. The van der Waals surface area contributed by atoms with Gasteiger partial charge in [0.25, 0.3) is 0 Å². The lowest BCUT2D eigenvalue weighted by atomic mass is 9.67. The van der Waals surface area contributed by atoms with Gasteiger partial charge in [-0.3, -0.25) is 4.99 Å². The number of benzene rings is 4. The molecule has 0 radical (unpaired) electrons. The number of rotatable bonds is 4. The Bertz CT molecular complexity index is 1590. The van der Waals surface area contributed by atoms with E-state index in [0.29, 0.717) is 5.71 Å². The molecule has 0 N–H and O–H groups in total. The summed E-state index contributed by atoms with van der Waals surface area (Å²) < 4.78 is 0. The highest BCUT2D eigenvalue weighted by molar-refractivity contribution is 6.32. The van der Waals surface area contributed by atoms with Crippen molar-refractivity contribution in [2.75, 3.05) is 0 Å². The molecule has 0 saturated heterocycles. The van der Waals surface area contributed by atoms with Crippen molar-refractivity contribution in [1.29, 1.82) is 0 Å². The molecule has 0 bridgehead atoms. The van der Waals surface area contributed by atoms with Crippen molar-refractivity contribution >= 4 is 23.5 Å². The van der Waals surface area contributed by atoms with Gasteiger partial charge in [0.15, 0.2) is 5.41 Å². The van der Waals surface area contributed by atoms with Crippen LogP contribution in [0.5, 0.6) is 0 Å². The molecule has 2 aliphatic heterocycles. The zero-order chi connectivity index (χ0) is 25.4. The normalized spacial score (nSPS) is 21.7. The van der Waals surface area contributed by atoms with E-state index in [2.05, 4.69) is 55.4 Å². The van der Waals surface area contributed by atoms with Crippen LogP contribution in [0.4, 0.5) is 0 Å². The van der Waals surface area contributed by atoms with E-state index in [1.165, 1.54) is 0 Å². The fraction of sp³-hybridized carbons (Fsp3) is 0.121. The lowest BCUT2D eigenvalue weighted by Crippen LogP contribution is -2.41. The summed E-state index contributed by atoms with van der Waals surface area (Å²) in [6.45, 7) is 4.12. The number of aliphatic imine (C=N–C) groups is 1. The van der Waals surface area contributed by atoms with Gasteiger partial charge in [-0.25, -0.2) is 4.79 Å². The van der Waals surface area contributed by atoms with E-state index in [9.17, 15) is 4.79 Å². The lowest BCUT2D eigenvalue weighted by molar-refractivity contribution is -0.147. The maximum Gasteiger partial charge on any atom is 0.354 e. The first-order valence-corrected chi connectivity index (χ1v) is 12.4. The molecular weight excluding hydrogens is 456 g/mol. The fourth-order valence-electron chi connectivity index (χ4n) is 5.41. The van der Waals surface area contributed by atoms with Gasteiger partial charge in [0.2, 0.25) is 0 Å². The Morgan fingerprint density at radius 3 is 2.08 bits per heavy atom. The Kier molecular flexibility index (Phi) is 5.65. The molecule has 0 saturated carbocycles. The Morgan fingerprint density at radius 1 is 0.757 bits per heavy atom. The summed E-state index contributed by atoms with van der Waals surface area (Å²) in [6, 6.07) is 35.8. The average molecular weight is 483 g/mol. The van der Waals surface area contributed by atoms with Crippen LogP contribution >= 0.6 is 0 Å². The molecule has 0 fully saturated rings. The predicted octanol–water partition coefficient (Wildman–Crippen LogP) is 6.88. The second-order valence-corrected chi connectivity index (χ2v) is 9.63. The predicted molar refractivity (Wildman–Crippen MR) is 148 cm³/mol. The maximum atomic E-state index is 14.0. The summed E-state index contributed by atoms with van der Waals surface area (Å²) in [4.78, 5) is 24.9. The highest BCUT2D eigenvalue weighted by Gasteiger charge is 2.63. The van der Waals surface area contributed by atoms with Crippen LogP contribution in [-0.2, 0) is 9.63 Å². The first-order chi connectivity index (χ1) is 18.1. The van der Waals surface area contributed by atoms with E-state index in [0.717, 1.165) is 44.7 Å². The zero-order valence-corrected chi connectivity index (χ0v) is 20.8. The molecule has 4 nitrogen and oxygen atoms in total. The molecule has 0 aliphatic carbocycles. The van der Waals surface area contributed by atoms with Crippen molar-refractivity contribution in [2.45, 2.75) is 19.9 Å². The summed E-state index contributed by atoms with van der Waals surface area (Å²) in [5, 5.41) is 4.41. The minimum absolute atomic E-state index is 0.411. The number of hydrogen-bond donors (Lipinski definition) is 0. The molecule has 1 spiro atoms. The fourth-order valence-corrected chi connectivity index (χ4v) is 5.41. The lowest BCUT2D eigenvalue weighted by Gasteiger charge is -2.30. The number of nitrogens with zero attached hydrogens (tertiary/aromatic N) is 2. The Hall–Kier alpha value is -4.57. The second-order valence-electron chi connectivity index (χ2n) is 9.63. The van der Waals surface area contributed by atoms with Crippen molar-refractivity contribution in [3.63, 3.8) is 0 Å². The van der Waals surface area contributed by atoms with E-state index in [-0.39, 0.29) is 0 Å². The van der Waals surface area contributed by atoms with Crippen LogP contribution < -0.4 is 0 Å². The highest BCUT2D eigenvalue weighted by atomic mass is 16.7. The van der Waals surface area contributed by atoms with E-state index in [1.807, 2.05) is 78.9 Å². The molecule has 2 unspecified atom stereocenters. The molecule has 2 aliphatic rings. The third-order valence-corrected chi connectivity index (χ3v) is 7.07. The van der Waals surface area contributed by atoms with E-state index >= 15 is 0 Å². The Labute approximate surface area is 216 Å². The largest absolute Gasteiger partial charge is 0.354 e. The highest BCUT2D eigenvalue weighted by Crippen LogP contribution is 2.55. The summed E-state index contributed by atoms with van der Waals surface area (Å²) in [5.41, 5.74) is 6.89. The third-order valence-electron chi connectivity index (χ3n) is 7.07. The second kappa shape index (κ2) is 9.14. The molecule has 37 heavy (non-hydrogen) atoms. The van der Waals surface area contributed by atoms with Crippen LogP contribution in [0.25, 0.3) is 6.08 Å². The summed E-state index contributed by atoms with van der Waals surface area (Å²) >= 11 is 0. The van der Waals surface area contributed by atoms with Crippen LogP contribution in [-0.4, -0.2) is 17.4 Å². The molecule has 2 heterocycles. The summed E-state index contributed by atoms with van der Waals surface area (Å²) in [5.74, 6) is -0.411. The standard InChI is InChI=1S/C33H26N2O2/c1-22-11-9-13-24(19-22)21-28-29(25-14-5-3-6-15-25)34-30(27-18-10-12-23(2)20-27)33(28)31(35-37-32(33)36)26-16-7-4-8-17-26/h3-21,30H,1-2H3/b28-21-. The smallest absolute Gasteiger partial charge is 0.316 e. The van der Waals surface area contributed by atoms with Gasteiger partial charge in [-0.2, -0.15) is 0 Å². The molecule has 4 aromatic rings. The van der Waals surface area contributed by atoms with Crippen LogP contribution in [0.1, 0.15) is 39.4 Å². The monoisotopic (exact) mass is 482 g/mol. The van der Waals surface area contributed by atoms with Crippen molar-refractivity contribution in [3.8, 4) is 0 Å². The van der Waals surface area contributed by atoms with E-state index in [4.69, 9.17) is 9.83 Å². The van der Waals surface area contributed by atoms with Crippen LogP contribution in [0.3, 0.4) is 0 Å². The van der Waals surface area contributed by atoms with Crippen LogP contribution in [0, 0.1) is 19.3 Å². The molecule has 4 heteroatoms. The molecule has 0 amide bonds. The van der Waals surface area contributed by atoms with Gasteiger partial charge in [-0.1, -0.05) is 125 Å². The Balaban J connectivity index is 1.68. The quantitative estimate of drug-likeness (QED) is 0.298. The maximum absolute atomic E-state index is 14.0. The SMILES string of the molecule is Cc1cccc(/C=C2/C(c3ccccc3)=NC(c3cccc(C)c3)C23C(=O)ON=C3c2ccccc2)c1. The van der Waals surface area contributed by atoms with Crippen molar-refractivity contribution < 1.29 is 9.63 Å². The third kappa shape index (κ3) is 3.82. The van der Waals surface area contributed by atoms with Crippen molar-refractivity contribution in [3.05, 3.63) is 148 Å². The first kappa shape index (κ1) is 22.9. The number of carbonyl (C=O) groups is 1. The molecule has 2 atom stereocenters. The van der Waals surface area contributed by atoms with Gasteiger partial charge < -0.3 is 4.84 Å². The van der Waals surface area contributed by atoms with Gasteiger partial charge in [0, 0.05) is 16.7 Å². The average Bonchev–Trinajstić information content (AvgIpc) is 3.43. The molecule has 4 aromatic carbocycles. The minimum Gasteiger partial charge on any atom is -0.316 e. The topological polar surface area (TPSA) is 51.0 Å². The molecular formula is C33H26N2O2. The number of carbonyl (C=O) groups excluding carboxylic acids is 1. The number of oxime groups is 1. The molecule has 0 aromatic heterocycles. The van der Waals surface area contributed by atoms with Gasteiger partial charge in [0.05, 0.1) is 5.71 Å². The zero-order valence-electron chi connectivity index (χ0n) is 20.8. The number of hydrogen-bond acceptors (Lipinski definition) is 4. The van der Waals surface area contributed by atoms with Gasteiger partial charge in [-0.15, -0.1) is 0 Å². The van der Waals surface area contributed by atoms with Gasteiger partial charge in [-0.05, 0) is 31.1 Å². The van der Waals surface area contributed by atoms with Gasteiger partial charge in [0.1, 0.15) is 11.8 Å². The van der Waals surface area contributed by atoms with Crippen molar-refractivity contribution in [2.24, 2.45) is 15.6 Å². The Morgan fingerprint density at radius 2 is 1.41 bits per heavy atom. The van der Waals surface area contributed by atoms with E-state index < -0.39 is 17.4 Å². The van der Waals surface area contributed by atoms with Crippen LogP contribution in [0.15, 0.2) is 125 Å². The molecule has 180 valence electrons. The van der Waals surface area contributed by atoms with E-state index in [1.54, 1.807) is 0 Å². The van der Waals surface area contributed by atoms with Crippen LogP contribution in [0.2, 0.25) is 0 Å². The van der Waals surface area contributed by atoms with Crippen molar-refractivity contribution in [1.82, 2.24) is 0 Å². The molecule has 6 rings (SSSR count). The number of aryl methyl sites for hydroxylation is 2. The summed E-state index contributed by atoms with van der Waals surface area (Å²) in [6.07, 6.45) is 2.08.